The van der Waals surface area contributed by atoms with Gasteiger partial charge in [0.05, 0.1) is 5.88 Å². The number of ether oxygens (including phenoxy) is 1. The Balaban J connectivity index is 1.70. The average molecular weight is 375 g/mol. The molecule has 0 saturated carbocycles. The summed E-state index contributed by atoms with van der Waals surface area (Å²) in [6.07, 6.45) is -4.54. The van der Waals surface area contributed by atoms with Gasteiger partial charge >= 0.3 is 6.18 Å². The second-order valence-electron chi connectivity index (χ2n) is 5.43. The van der Waals surface area contributed by atoms with E-state index in [9.17, 15) is 18.0 Å². The van der Waals surface area contributed by atoms with Crippen molar-refractivity contribution in [3.8, 4) is 5.75 Å². The van der Waals surface area contributed by atoms with Gasteiger partial charge in [0.25, 0.3) is 5.91 Å². The third-order valence-corrected chi connectivity index (χ3v) is 3.93. The van der Waals surface area contributed by atoms with Crippen molar-refractivity contribution in [3.63, 3.8) is 0 Å². The zero-order chi connectivity index (χ0) is 18.0. The molecule has 1 aromatic carbocycles. The predicted octanol–water partition coefficient (Wildman–Crippen LogP) is 2.77. The summed E-state index contributed by atoms with van der Waals surface area (Å²) in [5, 5.41) is 10.8. The molecule has 2 aromatic rings. The molecule has 0 unspecified atom stereocenters. The Labute approximate surface area is 145 Å². The fourth-order valence-corrected chi connectivity index (χ4v) is 2.52. The van der Waals surface area contributed by atoms with Crippen molar-refractivity contribution in [2.24, 2.45) is 0 Å². The molecule has 3 N–H and O–H groups in total. The maximum Gasteiger partial charge on any atom is 0.433 e. The first kappa shape index (κ1) is 17.6. The van der Waals surface area contributed by atoms with Gasteiger partial charge in [-0.2, -0.15) is 18.3 Å². The van der Waals surface area contributed by atoms with Crippen LogP contribution in [0.1, 0.15) is 21.7 Å². The maximum atomic E-state index is 12.8. The van der Waals surface area contributed by atoms with E-state index in [-0.39, 0.29) is 17.4 Å². The van der Waals surface area contributed by atoms with Gasteiger partial charge in [-0.3, -0.25) is 9.89 Å². The second-order valence-corrected chi connectivity index (χ2v) is 5.70. The third kappa shape index (κ3) is 3.88. The summed E-state index contributed by atoms with van der Waals surface area (Å²) in [5.41, 5.74) is -1.49. The zero-order valence-electron chi connectivity index (χ0n) is 12.8. The molecule has 6 nitrogen and oxygen atoms in total. The van der Waals surface area contributed by atoms with E-state index in [1.54, 1.807) is 24.3 Å². The number of H-pyrrole nitrogens is 1. The fourth-order valence-electron chi connectivity index (χ4n) is 2.26. The van der Waals surface area contributed by atoms with Crippen molar-refractivity contribution in [3.05, 3.63) is 41.2 Å². The van der Waals surface area contributed by atoms with Gasteiger partial charge in [0.1, 0.15) is 17.5 Å². The molecule has 1 aromatic heterocycles. The van der Waals surface area contributed by atoms with E-state index in [1.165, 1.54) is 0 Å². The molecule has 0 atom stereocenters. The molecule has 0 aliphatic carbocycles. The molecule has 25 heavy (non-hydrogen) atoms. The van der Waals surface area contributed by atoms with Gasteiger partial charge < -0.3 is 15.4 Å². The van der Waals surface area contributed by atoms with Crippen LogP contribution in [0.4, 0.5) is 18.9 Å². The van der Waals surface area contributed by atoms with Gasteiger partial charge in [-0.25, -0.2) is 0 Å². The topological polar surface area (TPSA) is 79.0 Å². The minimum atomic E-state index is -4.66. The number of alkyl halides is 4. The number of rotatable bonds is 5. The van der Waals surface area contributed by atoms with Crippen LogP contribution in [0.5, 0.6) is 5.75 Å². The fraction of sp³-hybridized carbons (Fsp3) is 0.333. The lowest BCUT2D eigenvalue weighted by Crippen LogP contribution is -2.50. The van der Waals surface area contributed by atoms with Gasteiger partial charge in [0.2, 0.25) is 0 Å². The second kappa shape index (κ2) is 6.93. The average Bonchev–Trinajstić information content (AvgIpc) is 2.96. The van der Waals surface area contributed by atoms with Gasteiger partial charge in [-0.1, -0.05) is 0 Å². The number of anilines is 1. The van der Waals surface area contributed by atoms with Crippen LogP contribution in [0.25, 0.3) is 0 Å². The number of halogens is 4. The van der Waals surface area contributed by atoms with E-state index in [2.05, 4.69) is 15.7 Å². The van der Waals surface area contributed by atoms with E-state index >= 15 is 0 Å². The normalized spacial score (nSPS) is 14.9. The molecule has 3 rings (SSSR count). The third-order valence-electron chi connectivity index (χ3n) is 3.66. The highest BCUT2D eigenvalue weighted by molar-refractivity contribution is 6.18. The highest BCUT2D eigenvalue weighted by Crippen LogP contribution is 2.32. The first-order chi connectivity index (χ1) is 11.9. The Kier molecular flexibility index (Phi) is 4.87. The summed E-state index contributed by atoms with van der Waals surface area (Å²) < 4.78 is 44.2. The predicted molar refractivity (Wildman–Crippen MR) is 84.8 cm³/mol. The molecule has 1 aliphatic rings. The lowest BCUT2D eigenvalue weighted by molar-refractivity contribution is -0.141. The van der Waals surface area contributed by atoms with Gasteiger partial charge in [0, 0.05) is 24.3 Å². The van der Waals surface area contributed by atoms with Crippen molar-refractivity contribution in [2.45, 2.75) is 18.2 Å². The lowest BCUT2D eigenvalue weighted by atomic mass is 10.2. The van der Waals surface area contributed by atoms with Crippen LogP contribution >= 0.6 is 11.6 Å². The molecule has 10 heteroatoms. The molecule has 1 fully saturated rings. The smallest absolute Gasteiger partial charge is 0.433 e. The quantitative estimate of drug-likeness (QED) is 0.703. The van der Waals surface area contributed by atoms with Crippen molar-refractivity contribution in [1.82, 2.24) is 15.5 Å². The summed E-state index contributed by atoms with van der Waals surface area (Å²) in [4.78, 5) is 12.2. The summed E-state index contributed by atoms with van der Waals surface area (Å²) in [5.74, 6) is -0.625. The van der Waals surface area contributed by atoms with Crippen LogP contribution < -0.4 is 15.4 Å². The monoisotopic (exact) mass is 374 g/mol. The lowest BCUT2D eigenvalue weighted by Gasteiger charge is -2.27. The van der Waals surface area contributed by atoms with E-state index in [4.69, 9.17) is 16.3 Å². The zero-order valence-corrected chi connectivity index (χ0v) is 13.5. The molecule has 0 radical (unpaired) electrons. The van der Waals surface area contributed by atoms with Crippen molar-refractivity contribution < 1.29 is 22.7 Å². The standard InChI is InChI=1S/C15H14ClF3N4O2/c16-5-11-12(22-23-13(11)15(17,18)19)14(24)21-8-1-3-9(4-2-8)25-10-6-20-7-10/h1-4,10,20H,5-7H2,(H,21,24)(H,22,23). The molecule has 1 amide bonds. The molecular weight excluding hydrogens is 361 g/mol. The summed E-state index contributed by atoms with van der Waals surface area (Å²) in [7, 11) is 0. The van der Waals surface area contributed by atoms with Crippen LogP contribution in [0, 0.1) is 0 Å². The number of carbonyl (C=O) groups is 1. The molecule has 1 saturated heterocycles. The largest absolute Gasteiger partial charge is 0.488 e. The minimum Gasteiger partial charge on any atom is -0.488 e. The van der Waals surface area contributed by atoms with E-state index < -0.39 is 23.7 Å². The highest BCUT2D eigenvalue weighted by Gasteiger charge is 2.38. The Morgan fingerprint density at radius 1 is 1.32 bits per heavy atom. The molecule has 1 aliphatic heterocycles. The Hall–Kier alpha value is -2.26. The number of amides is 1. The van der Waals surface area contributed by atoms with Crippen LogP contribution in [0.2, 0.25) is 0 Å². The van der Waals surface area contributed by atoms with Crippen molar-refractivity contribution >= 4 is 23.2 Å². The first-order valence-electron chi connectivity index (χ1n) is 7.37. The number of hydrogen-bond acceptors (Lipinski definition) is 4. The molecule has 2 heterocycles. The number of nitrogens with one attached hydrogen (secondary N) is 3. The Bertz CT molecular complexity index is 757. The van der Waals surface area contributed by atoms with Crippen LogP contribution in [-0.2, 0) is 12.1 Å². The first-order valence-corrected chi connectivity index (χ1v) is 7.91. The Morgan fingerprint density at radius 3 is 2.52 bits per heavy atom. The van der Waals surface area contributed by atoms with Crippen LogP contribution in [-0.4, -0.2) is 35.3 Å². The van der Waals surface area contributed by atoms with Crippen LogP contribution in [0.15, 0.2) is 24.3 Å². The highest BCUT2D eigenvalue weighted by atomic mass is 35.5. The van der Waals surface area contributed by atoms with E-state index in [0.717, 1.165) is 13.1 Å². The van der Waals surface area contributed by atoms with E-state index in [0.29, 0.717) is 11.4 Å². The number of aromatic nitrogens is 2. The van der Waals surface area contributed by atoms with Crippen molar-refractivity contribution in [2.75, 3.05) is 18.4 Å². The number of nitrogens with zero attached hydrogens (tertiary/aromatic N) is 1. The number of carbonyl (C=O) groups excluding carboxylic acids is 1. The van der Waals surface area contributed by atoms with Crippen molar-refractivity contribution in [1.29, 1.82) is 0 Å². The summed E-state index contributed by atoms with van der Waals surface area (Å²) in [6.45, 7) is 1.56. The number of benzene rings is 1. The number of hydrogen-bond donors (Lipinski definition) is 3. The molecule has 0 bridgehead atoms. The molecular formula is C15H14ClF3N4O2. The summed E-state index contributed by atoms with van der Waals surface area (Å²) >= 11 is 5.56. The minimum absolute atomic E-state index is 0.122. The van der Waals surface area contributed by atoms with Gasteiger partial charge in [-0.05, 0) is 24.3 Å². The maximum absolute atomic E-state index is 12.8. The molecule has 134 valence electrons. The summed E-state index contributed by atoms with van der Waals surface area (Å²) in [6, 6.07) is 6.53. The number of aromatic amines is 1. The van der Waals surface area contributed by atoms with E-state index in [1.807, 2.05) is 5.10 Å². The Morgan fingerprint density at radius 2 is 2.00 bits per heavy atom. The van der Waals surface area contributed by atoms with Crippen LogP contribution in [0.3, 0.4) is 0 Å². The SMILES string of the molecule is O=C(Nc1ccc(OC2CNC2)cc1)c1n[nH]c(C(F)(F)F)c1CCl. The van der Waals surface area contributed by atoms with Gasteiger partial charge in [-0.15, -0.1) is 11.6 Å². The molecule has 0 spiro atoms. The van der Waals surface area contributed by atoms with Gasteiger partial charge in [0.15, 0.2) is 5.69 Å².